The van der Waals surface area contributed by atoms with Gasteiger partial charge >= 0.3 is 17.9 Å². The molecule has 3 aliphatic carbocycles. The molecule has 6 atom stereocenters. The highest BCUT2D eigenvalue weighted by Gasteiger charge is 2.70. The number of hydrogen-bond donors (Lipinski definition) is 0. The lowest BCUT2D eigenvalue weighted by Gasteiger charge is -2.30. The normalized spacial score (nSPS) is 29.7. The van der Waals surface area contributed by atoms with Crippen LogP contribution in [0.3, 0.4) is 0 Å². The molecule has 206 valence electrons. The molecule has 4 fully saturated rings. The first-order chi connectivity index (χ1) is 18.6. The van der Waals surface area contributed by atoms with E-state index in [-0.39, 0.29) is 22.5 Å². The molecule has 9 nitrogen and oxygen atoms in total. The van der Waals surface area contributed by atoms with Gasteiger partial charge in [0.1, 0.15) is 28.1 Å². The van der Waals surface area contributed by atoms with Gasteiger partial charge in [-0.3, -0.25) is 9.59 Å². The van der Waals surface area contributed by atoms with Crippen LogP contribution in [0.25, 0.3) is 0 Å². The zero-order valence-corrected chi connectivity index (χ0v) is 23.8. The first-order valence-corrected chi connectivity index (χ1v) is 15.6. The van der Waals surface area contributed by atoms with Crippen LogP contribution in [0, 0.1) is 27.2 Å². The molecule has 6 rings (SSSR count). The molecule has 1 saturated heterocycles. The molecule has 2 aromatic rings. The number of rotatable bonds is 6. The van der Waals surface area contributed by atoms with E-state index in [1.165, 1.54) is 18.2 Å². The lowest BCUT2D eigenvalue weighted by atomic mass is 9.78. The molecule has 1 heterocycles. The maximum Gasteiger partial charge on any atom is 0.338 e. The van der Waals surface area contributed by atoms with Crippen LogP contribution >= 0.6 is 22.6 Å². The molecule has 0 spiro atoms. The Morgan fingerprint density at radius 2 is 1.79 bits per heavy atom. The number of carbonyl (C=O) groups excluding carboxylic acids is 3. The maximum atomic E-state index is 13.5. The van der Waals surface area contributed by atoms with Crippen molar-refractivity contribution < 1.29 is 41.6 Å². The van der Waals surface area contributed by atoms with E-state index in [0.29, 0.717) is 17.5 Å². The van der Waals surface area contributed by atoms with Crippen LogP contribution < -0.4 is 4.74 Å². The zero-order chi connectivity index (χ0) is 27.5. The van der Waals surface area contributed by atoms with Crippen molar-refractivity contribution in [2.24, 2.45) is 23.7 Å². The van der Waals surface area contributed by atoms with Crippen molar-refractivity contribution in [2.75, 3.05) is 0 Å². The number of carbonyl (C=O) groups is 3. The first-order valence-electron chi connectivity index (χ1n) is 13.1. The van der Waals surface area contributed by atoms with Gasteiger partial charge in [-0.25, -0.2) is 13.2 Å². The van der Waals surface area contributed by atoms with E-state index in [0.717, 1.165) is 35.7 Å². The summed E-state index contributed by atoms with van der Waals surface area (Å²) in [6, 6.07) is 10.9. The van der Waals surface area contributed by atoms with Gasteiger partial charge in [0.25, 0.3) is 0 Å². The van der Waals surface area contributed by atoms with E-state index in [1.807, 2.05) is 6.07 Å². The summed E-state index contributed by atoms with van der Waals surface area (Å²) in [6.45, 7) is 0. The van der Waals surface area contributed by atoms with Gasteiger partial charge in [-0.1, -0.05) is 25.3 Å². The summed E-state index contributed by atoms with van der Waals surface area (Å²) in [4.78, 5) is 38.9. The SMILES string of the molecule is O=C(OC1C2CC3C1OC(=O)C3C2C(=O)Oc1ccc(S(=O)(=O)[O-])c(C2CCCCC2)c1)c1cccc(I)c1. The van der Waals surface area contributed by atoms with Gasteiger partial charge < -0.3 is 18.8 Å². The number of ether oxygens (including phenoxy) is 3. The number of esters is 3. The Hall–Kier alpha value is -2.51. The van der Waals surface area contributed by atoms with E-state index < -0.39 is 58.0 Å². The van der Waals surface area contributed by atoms with Gasteiger partial charge in [0, 0.05) is 15.4 Å². The monoisotopic (exact) mass is 665 g/mol. The molecule has 0 aromatic heterocycles. The van der Waals surface area contributed by atoms with E-state index in [9.17, 15) is 27.4 Å². The summed E-state index contributed by atoms with van der Waals surface area (Å²) in [7, 11) is -4.71. The highest BCUT2D eigenvalue weighted by molar-refractivity contribution is 14.1. The molecular formula is C28H26IO9S-. The number of fused-ring (bicyclic) bond motifs is 1. The van der Waals surface area contributed by atoms with Crippen molar-refractivity contribution in [3.05, 3.63) is 57.2 Å². The second-order valence-electron chi connectivity index (χ2n) is 10.8. The van der Waals surface area contributed by atoms with Gasteiger partial charge in [-0.2, -0.15) is 0 Å². The fraction of sp³-hybridized carbons (Fsp3) is 0.464. The van der Waals surface area contributed by atoms with E-state index in [4.69, 9.17) is 14.2 Å². The smallest absolute Gasteiger partial charge is 0.338 e. The van der Waals surface area contributed by atoms with Crippen LogP contribution in [0.15, 0.2) is 47.4 Å². The Bertz CT molecular complexity index is 1450. The summed E-state index contributed by atoms with van der Waals surface area (Å²) in [5, 5.41) is 0. The minimum atomic E-state index is -4.71. The molecule has 1 aliphatic heterocycles. The molecule has 6 unspecified atom stereocenters. The van der Waals surface area contributed by atoms with E-state index in [1.54, 1.807) is 18.2 Å². The average Bonchev–Trinajstić information content (AvgIpc) is 3.52. The molecule has 3 saturated carbocycles. The average molecular weight is 665 g/mol. The number of halogens is 1. The minimum Gasteiger partial charge on any atom is -0.744 e. The molecule has 0 radical (unpaired) electrons. The summed E-state index contributed by atoms with van der Waals surface area (Å²) in [5.41, 5.74) is 0.737. The van der Waals surface area contributed by atoms with Crippen molar-refractivity contribution >= 4 is 50.6 Å². The van der Waals surface area contributed by atoms with Crippen molar-refractivity contribution in [1.29, 1.82) is 0 Å². The summed E-state index contributed by atoms with van der Waals surface area (Å²) >= 11 is 2.10. The van der Waals surface area contributed by atoms with Crippen molar-refractivity contribution in [2.45, 2.75) is 61.5 Å². The first kappa shape index (κ1) is 26.7. The molecule has 4 aliphatic rings. The Morgan fingerprint density at radius 1 is 1.03 bits per heavy atom. The fourth-order valence-electron chi connectivity index (χ4n) is 7.01. The molecule has 11 heteroatoms. The van der Waals surface area contributed by atoms with E-state index >= 15 is 0 Å². The number of hydrogen-bond acceptors (Lipinski definition) is 9. The summed E-state index contributed by atoms with van der Waals surface area (Å²) in [5.74, 6) is -3.96. The molecule has 0 N–H and O–H groups in total. The standard InChI is InChI=1S/C28H27IO9S/c29-16-8-4-7-15(11-16)26(30)37-24-19-13-20-23(28(32)38-25(20)24)22(19)27(31)36-17-9-10-21(39(33,34)35)18(12-17)14-5-2-1-3-6-14/h4,7-12,14,19-20,22-25H,1-3,5-6,13H2,(H,33,34,35)/p-1. The lowest BCUT2D eigenvalue weighted by Crippen LogP contribution is -2.44. The van der Waals surface area contributed by atoms with Crippen LogP contribution in [0.4, 0.5) is 0 Å². The van der Waals surface area contributed by atoms with Gasteiger partial charge in [0.05, 0.1) is 22.3 Å². The predicted octanol–water partition coefficient (Wildman–Crippen LogP) is 4.18. The molecule has 39 heavy (non-hydrogen) atoms. The second-order valence-corrected chi connectivity index (χ2v) is 13.4. The Balaban J connectivity index is 1.25. The van der Waals surface area contributed by atoms with Crippen LogP contribution in [-0.2, 0) is 29.2 Å². The van der Waals surface area contributed by atoms with Crippen LogP contribution in [-0.4, -0.2) is 43.1 Å². The largest absolute Gasteiger partial charge is 0.744 e. The Morgan fingerprint density at radius 3 is 2.51 bits per heavy atom. The highest BCUT2D eigenvalue weighted by Crippen LogP contribution is 2.59. The molecular weight excluding hydrogens is 639 g/mol. The third-order valence-corrected chi connectivity index (χ3v) is 10.2. The molecule has 0 amide bonds. The molecule has 2 aromatic carbocycles. The quantitative estimate of drug-likeness (QED) is 0.193. The van der Waals surface area contributed by atoms with Crippen molar-refractivity contribution in [3.8, 4) is 5.75 Å². The third kappa shape index (κ3) is 4.86. The lowest BCUT2D eigenvalue weighted by molar-refractivity contribution is -0.149. The summed E-state index contributed by atoms with van der Waals surface area (Å²) in [6.07, 6.45) is 3.50. The predicted molar refractivity (Wildman–Crippen MR) is 143 cm³/mol. The molecule has 2 bridgehead atoms. The van der Waals surface area contributed by atoms with Gasteiger partial charge in [-0.15, -0.1) is 0 Å². The second kappa shape index (κ2) is 10.2. The van der Waals surface area contributed by atoms with Gasteiger partial charge in [-0.05, 0) is 89.7 Å². The van der Waals surface area contributed by atoms with Gasteiger partial charge in [0.2, 0.25) is 0 Å². The minimum absolute atomic E-state index is 0.117. The topological polar surface area (TPSA) is 136 Å². The number of benzene rings is 2. The maximum absolute atomic E-state index is 13.5. The van der Waals surface area contributed by atoms with Crippen molar-refractivity contribution in [3.63, 3.8) is 0 Å². The zero-order valence-electron chi connectivity index (χ0n) is 20.8. The van der Waals surface area contributed by atoms with Crippen LogP contribution in [0.1, 0.15) is 60.4 Å². The Labute approximate surface area is 239 Å². The summed E-state index contributed by atoms with van der Waals surface area (Å²) < 4.78 is 53.8. The van der Waals surface area contributed by atoms with Crippen molar-refractivity contribution in [1.82, 2.24) is 0 Å². The van der Waals surface area contributed by atoms with Crippen LogP contribution in [0.5, 0.6) is 5.75 Å². The highest BCUT2D eigenvalue weighted by atomic mass is 127. The Kier molecular flexibility index (Phi) is 6.95. The van der Waals surface area contributed by atoms with E-state index in [2.05, 4.69) is 22.6 Å². The third-order valence-electron chi connectivity index (χ3n) is 8.64. The van der Waals surface area contributed by atoms with Gasteiger partial charge in [0.15, 0.2) is 0 Å². The van der Waals surface area contributed by atoms with Crippen LogP contribution in [0.2, 0.25) is 0 Å². The fourth-order valence-corrected chi connectivity index (χ4v) is 8.30.